The van der Waals surface area contributed by atoms with Gasteiger partial charge in [0.25, 0.3) is 0 Å². The lowest BCUT2D eigenvalue weighted by molar-refractivity contribution is 0.0576. The monoisotopic (exact) mass is 241 g/mol. The van der Waals surface area contributed by atoms with Crippen molar-refractivity contribution < 1.29 is 4.74 Å². The summed E-state index contributed by atoms with van der Waals surface area (Å²) in [4.78, 5) is 5.09. The number of rotatable bonds is 4. The summed E-state index contributed by atoms with van der Waals surface area (Å²) in [5, 5.41) is 3.33. The highest BCUT2D eigenvalue weighted by molar-refractivity contribution is 4.83. The normalized spacial score (nSPS) is 32.8. The first kappa shape index (κ1) is 13.3. The maximum atomic E-state index is 5.77. The lowest BCUT2D eigenvalue weighted by Gasteiger charge is -2.32. The van der Waals surface area contributed by atoms with Crippen LogP contribution < -0.4 is 5.32 Å². The molecule has 2 unspecified atom stereocenters. The Balaban J connectivity index is 1.89. The molecule has 1 N–H and O–H groups in total. The molecule has 2 aliphatic heterocycles. The van der Waals surface area contributed by atoms with Gasteiger partial charge in [0.05, 0.1) is 6.10 Å². The zero-order chi connectivity index (χ0) is 12.1. The van der Waals surface area contributed by atoms with Crippen molar-refractivity contribution in [2.75, 3.05) is 53.4 Å². The van der Waals surface area contributed by atoms with Gasteiger partial charge in [-0.25, -0.2) is 0 Å². The van der Waals surface area contributed by atoms with Crippen LogP contribution in [-0.2, 0) is 4.74 Å². The lowest BCUT2D eigenvalue weighted by atomic mass is 10.1. The molecule has 0 saturated carbocycles. The number of ether oxygens (including phenoxy) is 1. The fourth-order valence-corrected chi connectivity index (χ4v) is 3.01. The standard InChI is InChI=1S/C13H27N3O/c1-14-9-12-10-15(2)6-4-7-16(12)11-13-5-3-8-17-13/h12-14H,3-11H2,1-2H3. The maximum absolute atomic E-state index is 5.77. The summed E-state index contributed by atoms with van der Waals surface area (Å²) in [5.41, 5.74) is 0. The molecule has 2 rings (SSSR count). The highest BCUT2D eigenvalue weighted by atomic mass is 16.5. The minimum Gasteiger partial charge on any atom is -0.377 e. The second-order valence-corrected chi connectivity index (χ2v) is 5.46. The molecule has 2 heterocycles. The van der Waals surface area contributed by atoms with E-state index in [1.165, 1.54) is 38.9 Å². The molecule has 0 aliphatic carbocycles. The average Bonchev–Trinajstić information content (AvgIpc) is 2.74. The molecule has 4 heteroatoms. The summed E-state index contributed by atoms with van der Waals surface area (Å²) in [7, 11) is 4.29. The Morgan fingerprint density at radius 1 is 1.29 bits per heavy atom. The molecule has 0 amide bonds. The summed E-state index contributed by atoms with van der Waals surface area (Å²) >= 11 is 0. The van der Waals surface area contributed by atoms with E-state index in [4.69, 9.17) is 4.74 Å². The summed E-state index contributed by atoms with van der Waals surface area (Å²) in [6.45, 7) is 6.79. The van der Waals surface area contributed by atoms with E-state index >= 15 is 0 Å². The first-order chi connectivity index (χ1) is 8.29. The van der Waals surface area contributed by atoms with Crippen LogP contribution in [0, 0.1) is 0 Å². The van der Waals surface area contributed by atoms with E-state index in [2.05, 4.69) is 29.2 Å². The Bertz CT molecular complexity index is 219. The van der Waals surface area contributed by atoms with Crippen LogP contribution in [0.3, 0.4) is 0 Å². The van der Waals surface area contributed by atoms with Crippen molar-refractivity contribution in [3.05, 3.63) is 0 Å². The zero-order valence-electron chi connectivity index (χ0n) is 11.3. The van der Waals surface area contributed by atoms with Crippen LogP contribution in [0.5, 0.6) is 0 Å². The van der Waals surface area contributed by atoms with Gasteiger partial charge in [-0.1, -0.05) is 0 Å². The highest BCUT2D eigenvalue weighted by Crippen LogP contribution is 2.16. The van der Waals surface area contributed by atoms with Gasteiger partial charge in [0.15, 0.2) is 0 Å². The molecule has 0 bridgehead atoms. The Morgan fingerprint density at radius 3 is 2.88 bits per heavy atom. The van der Waals surface area contributed by atoms with Crippen molar-refractivity contribution >= 4 is 0 Å². The Hall–Kier alpha value is -0.160. The average molecular weight is 241 g/mol. The van der Waals surface area contributed by atoms with Crippen LogP contribution in [0.4, 0.5) is 0 Å². The topological polar surface area (TPSA) is 27.7 Å². The summed E-state index contributed by atoms with van der Waals surface area (Å²) < 4.78 is 5.77. The molecule has 0 aromatic heterocycles. The smallest absolute Gasteiger partial charge is 0.0702 e. The molecule has 0 aromatic carbocycles. The minimum atomic E-state index is 0.484. The van der Waals surface area contributed by atoms with Gasteiger partial charge in [-0.3, -0.25) is 4.90 Å². The first-order valence-corrected chi connectivity index (χ1v) is 6.98. The van der Waals surface area contributed by atoms with Gasteiger partial charge >= 0.3 is 0 Å². The molecule has 2 atom stereocenters. The van der Waals surface area contributed by atoms with Crippen molar-refractivity contribution in [2.45, 2.75) is 31.4 Å². The second kappa shape index (κ2) is 6.69. The van der Waals surface area contributed by atoms with Crippen LogP contribution in [0.15, 0.2) is 0 Å². The van der Waals surface area contributed by atoms with Gasteiger partial charge in [0, 0.05) is 32.3 Å². The van der Waals surface area contributed by atoms with Crippen LogP contribution in [-0.4, -0.2) is 75.4 Å². The van der Waals surface area contributed by atoms with E-state index in [9.17, 15) is 0 Å². The maximum Gasteiger partial charge on any atom is 0.0702 e. The molecule has 2 aliphatic rings. The molecule has 0 radical (unpaired) electrons. The van der Waals surface area contributed by atoms with Gasteiger partial charge in [0.1, 0.15) is 0 Å². The van der Waals surface area contributed by atoms with Crippen LogP contribution in [0.25, 0.3) is 0 Å². The van der Waals surface area contributed by atoms with Gasteiger partial charge in [0.2, 0.25) is 0 Å². The van der Waals surface area contributed by atoms with Crippen molar-refractivity contribution in [3.8, 4) is 0 Å². The van der Waals surface area contributed by atoms with Crippen molar-refractivity contribution in [1.29, 1.82) is 0 Å². The Morgan fingerprint density at radius 2 is 2.18 bits per heavy atom. The highest BCUT2D eigenvalue weighted by Gasteiger charge is 2.26. The van der Waals surface area contributed by atoms with Crippen LogP contribution in [0.1, 0.15) is 19.3 Å². The molecular weight excluding hydrogens is 214 g/mol. The van der Waals surface area contributed by atoms with Gasteiger partial charge in [-0.05, 0) is 46.4 Å². The SMILES string of the molecule is CNCC1CN(C)CCCN1CC1CCCO1. The summed E-state index contributed by atoms with van der Waals surface area (Å²) in [6, 6.07) is 0.636. The van der Waals surface area contributed by atoms with E-state index in [1.807, 2.05) is 0 Å². The number of nitrogens with zero attached hydrogens (tertiary/aromatic N) is 2. The number of likely N-dealkylation sites (N-methyl/N-ethyl adjacent to an activating group) is 2. The molecular formula is C13H27N3O. The molecule has 2 fully saturated rings. The predicted octanol–water partition coefficient (Wildman–Crippen LogP) is 0.391. The van der Waals surface area contributed by atoms with E-state index in [-0.39, 0.29) is 0 Å². The predicted molar refractivity (Wildman–Crippen MR) is 70.4 cm³/mol. The fourth-order valence-electron chi connectivity index (χ4n) is 3.01. The fraction of sp³-hybridized carbons (Fsp3) is 1.00. The largest absolute Gasteiger partial charge is 0.377 e. The first-order valence-electron chi connectivity index (χ1n) is 6.98. The van der Waals surface area contributed by atoms with Crippen molar-refractivity contribution in [2.24, 2.45) is 0 Å². The Kier molecular flexibility index (Phi) is 5.22. The molecule has 100 valence electrons. The number of nitrogens with one attached hydrogen (secondary N) is 1. The van der Waals surface area contributed by atoms with Crippen molar-refractivity contribution in [3.63, 3.8) is 0 Å². The van der Waals surface area contributed by atoms with Gasteiger partial charge in [-0.2, -0.15) is 0 Å². The van der Waals surface area contributed by atoms with E-state index in [0.29, 0.717) is 12.1 Å². The third-order valence-corrected chi connectivity index (χ3v) is 3.93. The van der Waals surface area contributed by atoms with E-state index in [1.54, 1.807) is 0 Å². The van der Waals surface area contributed by atoms with E-state index < -0.39 is 0 Å². The van der Waals surface area contributed by atoms with Crippen LogP contribution in [0.2, 0.25) is 0 Å². The third-order valence-electron chi connectivity index (χ3n) is 3.93. The molecule has 4 nitrogen and oxygen atoms in total. The zero-order valence-corrected chi connectivity index (χ0v) is 11.3. The lowest BCUT2D eigenvalue weighted by Crippen LogP contribution is -2.48. The van der Waals surface area contributed by atoms with Gasteiger partial charge < -0.3 is 15.0 Å². The minimum absolute atomic E-state index is 0.484. The van der Waals surface area contributed by atoms with Gasteiger partial charge in [-0.15, -0.1) is 0 Å². The third kappa shape index (κ3) is 3.91. The van der Waals surface area contributed by atoms with E-state index in [0.717, 1.165) is 19.7 Å². The quantitative estimate of drug-likeness (QED) is 0.771. The summed E-state index contributed by atoms with van der Waals surface area (Å²) in [6.07, 6.45) is 4.26. The number of hydrogen-bond acceptors (Lipinski definition) is 4. The Labute approximate surface area is 105 Å². The molecule has 17 heavy (non-hydrogen) atoms. The second-order valence-electron chi connectivity index (χ2n) is 5.46. The molecule has 0 spiro atoms. The number of hydrogen-bond donors (Lipinski definition) is 1. The molecule has 2 saturated heterocycles. The molecule has 0 aromatic rings. The van der Waals surface area contributed by atoms with Crippen LogP contribution >= 0.6 is 0 Å². The summed E-state index contributed by atoms with van der Waals surface area (Å²) in [5.74, 6) is 0. The van der Waals surface area contributed by atoms with Crippen molar-refractivity contribution in [1.82, 2.24) is 15.1 Å².